The molecule has 0 fully saturated rings. The first-order valence-corrected chi connectivity index (χ1v) is 6.59. The van der Waals surface area contributed by atoms with Crippen LogP contribution in [0.15, 0.2) is 22.8 Å². The molecule has 0 saturated heterocycles. The summed E-state index contributed by atoms with van der Waals surface area (Å²) in [5.41, 5.74) is 0. The topological polar surface area (TPSA) is 97.6 Å². The molecule has 7 nitrogen and oxygen atoms in total. The summed E-state index contributed by atoms with van der Waals surface area (Å²) in [5.74, 6) is -1.53. The van der Waals surface area contributed by atoms with Crippen LogP contribution in [0.4, 0.5) is 0 Å². The highest BCUT2D eigenvalue weighted by molar-refractivity contribution is 5.96. The van der Waals surface area contributed by atoms with Gasteiger partial charge in [0.1, 0.15) is 12.1 Å². The maximum absolute atomic E-state index is 12.2. The van der Waals surface area contributed by atoms with Crippen molar-refractivity contribution in [3.05, 3.63) is 24.2 Å². The summed E-state index contributed by atoms with van der Waals surface area (Å²) in [4.78, 5) is 35.4. The highest BCUT2D eigenvalue weighted by atomic mass is 16.5. The third-order valence-corrected chi connectivity index (χ3v) is 2.89. The van der Waals surface area contributed by atoms with E-state index in [-0.39, 0.29) is 11.7 Å². The molecule has 0 aliphatic carbocycles. The van der Waals surface area contributed by atoms with Crippen molar-refractivity contribution in [3.8, 4) is 0 Å². The SMILES string of the molecule is COC(=O)[C@H](C)NC(=O)C(NC(=O)c1ccco1)C(C)C. The molecule has 1 unspecified atom stereocenters. The van der Waals surface area contributed by atoms with E-state index in [1.807, 2.05) is 0 Å². The summed E-state index contributed by atoms with van der Waals surface area (Å²) >= 11 is 0. The molecular formula is C14H20N2O5. The Bertz CT molecular complexity index is 495. The van der Waals surface area contributed by atoms with Gasteiger partial charge >= 0.3 is 5.97 Å². The molecule has 116 valence electrons. The lowest BCUT2D eigenvalue weighted by Crippen LogP contribution is -2.53. The smallest absolute Gasteiger partial charge is 0.328 e. The van der Waals surface area contributed by atoms with Crippen LogP contribution >= 0.6 is 0 Å². The summed E-state index contributed by atoms with van der Waals surface area (Å²) in [6, 6.07) is 1.51. The van der Waals surface area contributed by atoms with Crippen LogP contribution in [0.1, 0.15) is 31.3 Å². The number of carbonyl (C=O) groups excluding carboxylic acids is 3. The number of amides is 2. The molecule has 2 amide bonds. The van der Waals surface area contributed by atoms with Crippen LogP contribution in [0.3, 0.4) is 0 Å². The second kappa shape index (κ2) is 7.47. The standard InChI is InChI=1S/C14H20N2O5/c1-8(2)11(13(18)15-9(3)14(19)20-4)16-12(17)10-6-5-7-21-10/h5-9,11H,1-4H3,(H,15,18)(H,16,17)/t9-,11?/m0/s1. The Balaban J connectivity index is 2.71. The number of esters is 1. The molecule has 1 aromatic heterocycles. The molecule has 0 aliphatic rings. The Hall–Kier alpha value is -2.31. The van der Waals surface area contributed by atoms with Gasteiger partial charge < -0.3 is 19.8 Å². The summed E-state index contributed by atoms with van der Waals surface area (Å²) in [7, 11) is 1.24. The van der Waals surface area contributed by atoms with E-state index in [4.69, 9.17) is 4.42 Å². The Kier molecular flexibility index (Phi) is 5.95. The minimum atomic E-state index is -0.788. The molecule has 0 aliphatic heterocycles. The van der Waals surface area contributed by atoms with E-state index in [2.05, 4.69) is 15.4 Å². The zero-order valence-electron chi connectivity index (χ0n) is 12.5. The molecule has 1 aromatic rings. The molecule has 0 aromatic carbocycles. The van der Waals surface area contributed by atoms with Crippen molar-refractivity contribution >= 4 is 17.8 Å². The molecule has 2 N–H and O–H groups in total. The average Bonchev–Trinajstić information content (AvgIpc) is 2.96. The number of rotatable bonds is 6. The van der Waals surface area contributed by atoms with Crippen LogP contribution in [0.25, 0.3) is 0 Å². The lowest BCUT2D eigenvalue weighted by atomic mass is 10.0. The van der Waals surface area contributed by atoms with Crippen LogP contribution < -0.4 is 10.6 Å². The van der Waals surface area contributed by atoms with Crippen LogP contribution in [0, 0.1) is 5.92 Å². The molecule has 21 heavy (non-hydrogen) atoms. The van der Waals surface area contributed by atoms with Gasteiger partial charge in [0, 0.05) is 0 Å². The summed E-state index contributed by atoms with van der Waals surface area (Å²) in [5, 5.41) is 5.09. The lowest BCUT2D eigenvalue weighted by Gasteiger charge is -2.22. The van der Waals surface area contributed by atoms with E-state index < -0.39 is 29.9 Å². The van der Waals surface area contributed by atoms with E-state index in [0.717, 1.165) is 0 Å². The van der Waals surface area contributed by atoms with E-state index in [0.29, 0.717) is 0 Å². The predicted octanol–water partition coefficient (Wildman–Crippen LogP) is 0.712. The van der Waals surface area contributed by atoms with E-state index in [1.54, 1.807) is 19.9 Å². The van der Waals surface area contributed by atoms with Gasteiger partial charge in [0.05, 0.1) is 13.4 Å². The van der Waals surface area contributed by atoms with E-state index in [9.17, 15) is 14.4 Å². The van der Waals surface area contributed by atoms with Crippen LogP contribution in [0.2, 0.25) is 0 Å². The van der Waals surface area contributed by atoms with Gasteiger partial charge in [-0.3, -0.25) is 9.59 Å². The van der Waals surface area contributed by atoms with Crippen molar-refractivity contribution in [2.75, 3.05) is 7.11 Å². The van der Waals surface area contributed by atoms with Crippen molar-refractivity contribution in [2.24, 2.45) is 5.92 Å². The van der Waals surface area contributed by atoms with Crippen LogP contribution in [-0.2, 0) is 14.3 Å². The van der Waals surface area contributed by atoms with Crippen molar-refractivity contribution in [1.82, 2.24) is 10.6 Å². The van der Waals surface area contributed by atoms with Crippen molar-refractivity contribution < 1.29 is 23.5 Å². The summed E-state index contributed by atoms with van der Waals surface area (Å²) in [6.45, 7) is 5.08. The highest BCUT2D eigenvalue weighted by Crippen LogP contribution is 2.06. The first-order valence-electron chi connectivity index (χ1n) is 6.59. The van der Waals surface area contributed by atoms with Gasteiger partial charge in [0.2, 0.25) is 5.91 Å². The second-order valence-corrected chi connectivity index (χ2v) is 4.93. The average molecular weight is 296 g/mol. The van der Waals surface area contributed by atoms with Crippen LogP contribution in [0.5, 0.6) is 0 Å². The lowest BCUT2D eigenvalue weighted by molar-refractivity contribution is -0.144. The van der Waals surface area contributed by atoms with E-state index >= 15 is 0 Å². The minimum Gasteiger partial charge on any atom is -0.467 e. The number of methoxy groups -OCH3 is 1. The molecule has 7 heteroatoms. The Labute approximate surface area is 123 Å². The molecule has 1 rings (SSSR count). The van der Waals surface area contributed by atoms with Crippen molar-refractivity contribution in [3.63, 3.8) is 0 Å². The normalized spacial score (nSPS) is 13.4. The molecule has 0 spiro atoms. The number of carbonyl (C=O) groups is 3. The van der Waals surface area contributed by atoms with Crippen LogP contribution in [-0.4, -0.2) is 37.0 Å². The quantitative estimate of drug-likeness (QED) is 0.753. The maximum atomic E-state index is 12.2. The number of ether oxygens (including phenoxy) is 1. The Morgan fingerprint density at radius 1 is 1.19 bits per heavy atom. The summed E-state index contributed by atoms with van der Waals surface area (Å²) < 4.78 is 9.51. The number of nitrogens with one attached hydrogen (secondary N) is 2. The molecule has 0 saturated carbocycles. The number of hydrogen-bond acceptors (Lipinski definition) is 5. The minimum absolute atomic E-state index is 0.120. The maximum Gasteiger partial charge on any atom is 0.328 e. The third kappa shape index (κ3) is 4.62. The largest absolute Gasteiger partial charge is 0.467 e. The third-order valence-electron chi connectivity index (χ3n) is 2.89. The van der Waals surface area contributed by atoms with E-state index in [1.165, 1.54) is 26.4 Å². The summed E-state index contributed by atoms with van der Waals surface area (Å²) in [6.07, 6.45) is 1.37. The first kappa shape index (κ1) is 16.7. The van der Waals surface area contributed by atoms with Gasteiger partial charge in [0.15, 0.2) is 5.76 Å². The molecule has 2 atom stereocenters. The fourth-order valence-corrected chi connectivity index (χ4v) is 1.69. The number of hydrogen-bond donors (Lipinski definition) is 2. The van der Waals surface area contributed by atoms with Gasteiger partial charge in [-0.2, -0.15) is 0 Å². The van der Waals surface area contributed by atoms with Gasteiger partial charge in [-0.15, -0.1) is 0 Å². The Morgan fingerprint density at radius 3 is 2.33 bits per heavy atom. The van der Waals surface area contributed by atoms with Gasteiger partial charge in [-0.1, -0.05) is 13.8 Å². The van der Waals surface area contributed by atoms with Gasteiger partial charge in [0.25, 0.3) is 5.91 Å². The van der Waals surface area contributed by atoms with Gasteiger partial charge in [-0.25, -0.2) is 4.79 Å². The number of furan rings is 1. The zero-order chi connectivity index (χ0) is 16.0. The second-order valence-electron chi connectivity index (χ2n) is 4.93. The zero-order valence-corrected chi connectivity index (χ0v) is 12.5. The van der Waals surface area contributed by atoms with Crippen molar-refractivity contribution in [2.45, 2.75) is 32.9 Å². The molecule has 0 radical (unpaired) electrons. The highest BCUT2D eigenvalue weighted by Gasteiger charge is 2.28. The molecule has 0 bridgehead atoms. The monoisotopic (exact) mass is 296 g/mol. The first-order chi connectivity index (χ1) is 9.86. The Morgan fingerprint density at radius 2 is 1.86 bits per heavy atom. The molecular weight excluding hydrogens is 276 g/mol. The molecule has 1 heterocycles. The fourth-order valence-electron chi connectivity index (χ4n) is 1.69. The van der Waals surface area contributed by atoms with Crippen molar-refractivity contribution in [1.29, 1.82) is 0 Å². The fraction of sp³-hybridized carbons (Fsp3) is 0.500. The predicted molar refractivity (Wildman–Crippen MR) is 74.4 cm³/mol. The van der Waals surface area contributed by atoms with Gasteiger partial charge in [-0.05, 0) is 25.0 Å².